The monoisotopic (exact) mass is 440 g/mol. The Morgan fingerprint density at radius 2 is 1.86 bits per heavy atom. The Morgan fingerprint density at radius 1 is 1.14 bits per heavy atom. The second kappa shape index (κ2) is 7.81. The lowest BCUT2D eigenvalue weighted by Gasteiger charge is -2.36. The minimum absolute atomic E-state index is 0.129. The third-order valence-corrected chi connectivity index (χ3v) is 7.05. The zero-order valence-electron chi connectivity index (χ0n) is 15.2. The van der Waals surface area contributed by atoms with Gasteiger partial charge in [0.2, 0.25) is 9.84 Å². The number of aromatic nitrogens is 2. The lowest BCUT2D eigenvalue weighted by molar-refractivity contribution is 0.234. The number of fused-ring (bicyclic) bond motifs is 1. The molecule has 3 aromatic rings. The predicted octanol–water partition coefficient (Wildman–Crippen LogP) is 2.07. The molecule has 29 heavy (non-hydrogen) atoms. The number of nitrogens with zero attached hydrogens (tertiary/aromatic N) is 4. The van der Waals surface area contributed by atoms with Crippen LogP contribution in [0.15, 0.2) is 51.6 Å². The van der Waals surface area contributed by atoms with E-state index in [-0.39, 0.29) is 10.5 Å². The summed E-state index contributed by atoms with van der Waals surface area (Å²) >= 11 is 1.39. The lowest BCUT2D eigenvalue weighted by Crippen LogP contribution is -2.46. The van der Waals surface area contributed by atoms with Crippen molar-refractivity contribution in [1.82, 2.24) is 14.3 Å². The summed E-state index contributed by atoms with van der Waals surface area (Å²) in [4.78, 5) is 20.8. The minimum atomic E-state index is -4.67. The molecule has 0 radical (unpaired) electrons. The van der Waals surface area contributed by atoms with E-state index in [2.05, 4.69) is 9.88 Å². The van der Waals surface area contributed by atoms with E-state index in [1.807, 2.05) is 0 Å². The fourth-order valence-electron chi connectivity index (χ4n) is 3.40. The highest BCUT2D eigenvalue weighted by atomic mass is 32.2. The maximum atomic E-state index is 13.0. The summed E-state index contributed by atoms with van der Waals surface area (Å²) in [7, 11) is -4.67. The molecule has 0 N–H and O–H groups in total. The molecular formula is C18H18F2N4O3S2. The fraction of sp³-hybridized carbons (Fsp3) is 0.333. The van der Waals surface area contributed by atoms with E-state index in [4.69, 9.17) is 0 Å². The molecule has 0 saturated carbocycles. The molecule has 1 aliphatic heterocycles. The van der Waals surface area contributed by atoms with E-state index >= 15 is 0 Å². The third kappa shape index (κ3) is 3.89. The summed E-state index contributed by atoms with van der Waals surface area (Å²) in [6.07, 6.45) is 1.68. The van der Waals surface area contributed by atoms with E-state index in [1.54, 1.807) is 28.6 Å². The van der Waals surface area contributed by atoms with Gasteiger partial charge in [-0.1, -0.05) is 12.1 Å². The van der Waals surface area contributed by atoms with Gasteiger partial charge in [0, 0.05) is 50.4 Å². The van der Waals surface area contributed by atoms with E-state index in [0.717, 1.165) is 0 Å². The van der Waals surface area contributed by atoms with Gasteiger partial charge in [-0.3, -0.25) is 14.1 Å². The first-order valence-electron chi connectivity index (χ1n) is 8.90. The summed E-state index contributed by atoms with van der Waals surface area (Å²) in [5.41, 5.74) is 0.839. The van der Waals surface area contributed by atoms with Crippen molar-refractivity contribution >= 4 is 31.8 Å². The third-order valence-electron chi connectivity index (χ3n) is 4.86. The van der Waals surface area contributed by atoms with Gasteiger partial charge in [0.15, 0.2) is 4.96 Å². The Hall–Kier alpha value is -2.37. The van der Waals surface area contributed by atoms with Gasteiger partial charge in [-0.25, -0.2) is 13.4 Å². The zero-order chi connectivity index (χ0) is 20.6. The lowest BCUT2D eigenvalue weighted by atomic mass is 10.2. The molecule has 4 rings (SSSR count). The van der Waals surface area contributed by atoms with Crippen LogP contribution in [0, 0.1) is 0 Å². The molecule has 0 atom stereocenters. The molecule has 1 aliphatic rings. The molecular weight excluding hydrogens is 422 g/mol. The van der Waals surface area contributed by atoms with E-state index in [0.29, 0.717) is 49.1 Å². The average Bonchev–Trinajstić information content (AvgIpc) is 3.18. The van der Waals surface area contributed by atoms with E-state index < -0.39 is 15.6 Å². The number of hydrogen-bond acceptors (Lipinski definition) is 7. The molecule has 7 nitrogen and oxygen atoms in total. The van der Waals surface area contributed by atoms with Crippen LogP contribution in [-0.4, -0.2) is 54.6 Å². The number of para-hydroxylation sites is 1. The van der Waals surface area contributed by atoms with Crippen molar-refractivity contribution in [1.29, 1.82) is 0 Å². The number of alkyl halides is 2. The normalized spacial score (nSPS) is 16.0. The van der Waals surface area contributed by atoms with Crippen molar-refractivity contribution in [2.24, 2.45) is 0 Å². The van der Waals surface area contributed by atoms with Crippen LogP contribution < -0.4 is 10.5 Å². The highest BCUT2D eigenvalue weighted by Gasteiger charge is 2.31. The standard InChI is InChI=1S/C18H18F2N4O3S2/c19-17(20)29(26,27)15-4-2-1-3-14(15)23-7-5-22(6-8-23)12-13-11-16(25)24-9-10-28-18(24)21-13/h1-4,9-11,17H,5-8,12H2. The first kappa shape index (κ1) is 19.9. The van der Waals surface area contributed by atoms with Gasteiger partial charge in [0.1, 0.15) is 0 Å². The number of anilines is 1. The van der Waals surface area contributed by atoms with Crippen molar-refractivity contribution in [2.75, 3.05) is 31.1 Å². The molecule has 0 amide bonds. The molecule has 3 heterocycles. The highest BCUT2D eigenvalue weighted by Crippen LogP contribution is 2.29. The van der Waals surface area contributed by atoms with Crippen LogP contribution in [0.2, 0.25) is 0 Å². The first-order valence-corrected chi connectivity index (χ1v) is 11.3. The van der Waals surface area contributed by atoms with E-state index in [1.165, 1.54) is 33.9 Å². The molecule has 154 valence electrons. The maximum absolute atomic E-state index is 13.0. The Kier molecular flexibility index (Phi) is 5.36. The highest BCUT2D eigenvalue weighted by molar-refractivity contribution is 7.91. The van der Waals surface area contributed by atoms with Gasteiger partial charge in [-0.15, -0.1) is 11.3 Å². The second-order valence-corrected chi connectivity index (χ2v) is 9.44. The summed E-state index contributed by atoms with van der Waals surface area (Å²) in [5.74, 6) is -3.46. The van der Waals surface area contributed by atoms with Crippen molar-refractivity contribution in [3.05, 3.63) is 58.0 Å². The Bertz CT molecular complexity index is 1190. The largest absolute Gasteiger partial charge is 0.368 e. The van der Waals surface area contributed by atoms with Crippen LogP contribution >= 0.6 is 11.3 Å². The van der Waals surface area contributed by atoms with Gasteiger partial charge < -0.3 is 4.90 Å². The first-order chi connectivity index (χ1) is 13.9. The van der Waals surface area contributed by atoms with Gasteiger partial charge in [0.25, 0.3) is 5.56 Å². The molecule has 2 aromatic heterocycles. The van der Waals surface area contributed by atoms with Gasteiger partial charge >= 0.3 is 5.76 Å². The van der Waals surface area contributed by atoms with Crippen LogP contribution in [0.3, 0.4) is 0 Å². The maximum Gasteiger partial charge on any atom is 0.341 e. The molecule has 0 aliphatic carbocycles. The zero-order valence-corrected chi connectivity index (χ0v) is 16.9. The summed E-state index contributed by atoms with van der Waals surface area (Å²) in [6.45, 7) is 2.64. The fourth-order valence-corrected chi connectivity index (χ4v) is 5.09. The van der Waals surface area contributed by atoms with Crippen LogP contribution in [0.4, 0.5) is 14.5 Å². The van der Waals surface area contributed by atoms with Crippen molar-refractivity contribution in [2.45, 2.75) is 17.2 Å². The van der Waals surface area contributed by atoms with Gasteiger partial charge in [-0.2, -0.15) is 8.78 Å². The van der Waals surface area contributed by atoms with Crippen LogP contribution in [0.1, 0.15) is 5.69 Å². The quantitative estimate of drug-likeness (QED) is 0.605. The van der Waals surface area contributed by atoms with Gasteiger partial charge in [-0.05, 0) is 12.1 Å². The number of thiazole rings is 1. The van der Waals surface area contributed by atoms with Crippen LogP contribution in [-0.2, 0) is 16.4 Å². The molecule has 0 unspecified atom stereocenters. The van der Waals surface area contributed by atoms with Crippen LogP contribution in [0.5, 0.6) is 0 Å². The van der Waals surface area contributed by atoms with Crippen molar-refractivity contribution in [3.8, 4) is 0 Å². The summed E-state index contributed by atoms with van der Waals surface area (Å²) < 4.78 is 51.5. The minimum Gasteiger partial charge on any atom is -0.368 e. The summed E-state index contributed by atoms with van der Waals surface area (Å²) in [5, 5.41) is 1.80. The number of hydrogen-bond donors (Lipinski definition) is 0. The Morgan fingerprint density at radius 3 is 2.59 bits per heavy atom. The molecule has 0 bridgehead atoms. The topological polar surface area (TPSA) is 75.0 Å². The number of benzene rings is 1. The molecule has 11 heteroatoms. The number of piperazine rings is 1. The smallest absolute Gasteiger partial charge is 0.341 e. The number of rotatable bonds is 5. The second-order valence-electron chi connectivity index (χ2n) is 6.68. The average molecular weight is 440 g/mol. The number of sulfone groups is 1. The van der Waals surface area contributed by atoms with Crippen molar-refractivity contribution in [3.63, 3.8) is 0 Å². The number of halogens is 2. The molecule has 0 spiro atoms. The SMILES string of the molecule is O=c1cc(CN2CCN(c3ccccc3S(=O)(=O)C(F)F)CC2)nc2sccn12. The van der Waals surface area contributed by atoms with Crippen LogP contribution in [0.25, 0.3) is 4.96 Å². The predicted molar refractivity (Wildman–Crippen MR) is 106 cm³/mol. The molecule has 1 saturated heterocycles. The molecule has 1 fully saturated rings. The Labute approximate surface area is 169 Å². The van der Waals surface area contributed by atoms with Gasteiger partial charge in [0.05, 0.1) is 16.3 Å². The van der Waals surface area contributed by atoms with E-state index in [9.17, 15) is 22.0 Å². The molecule has 1 aromatic carbocycles. The Balaban J connectivity index is 1.48. The van der Waals surface area contributed by atoms with Crippen molar-refractivity contribution < 1.29 is 17.2 Å². The summed E-state index contributed by atoms with van der Waals surface area (Å²) in [6, 6.07) is 7.37.